The van der Waals surface area contributed by atoms with Gasteiger partial charge in [-0.05, 0) is 46.5 Å². The Morgan fingerprint density at radius 2 is 1.53 bits per heavy atom. The van der Waals surface area contributed by atoms with Crippen LogP contribution in [0.3, 0.4) is 0 Å². The van der Waals surface area contributed by atoms with Crippen molar-refractivity contribution in [3.63, 3.8) is 0 Å². The summed E-state index contributed by atoms with van der Waals surface area (Å²) in [6.07, 6.45) is -0.149. The number of nitrogens with one attached hydrogen (secondary N) is 4. The summed E-state index contributed by atoms with van der Waals surface area (Å²) in [6, 6.07) is 13.9. The fourth-order valence-corrected chi connectivity index (χ4v) is 5.29. The Morgan fingerprint density at radius 3 is 2.23 bits per heavy atom. The third kappa shape index (κ3) is 9.53. The normalized spacial score (nSPS) is 12.9. The summed E-state index contributed by atoms with van der Waals surface area (Å²) in [5.41, 5.74) is 2.07. The molecule has 6 N–H and O–H groups in total. The van der Waals surface area contributed by atoms with E-state index in [2.05, 4.69) is 25.7 Å². The molecule has 0 fully saturated rings. The van der Waals surface area contributed by atoms with Crippen molar-refractivity contribution in [1.82, 2.24) is 20.9 Å². The maximum absolute atomic E-state index is 13.7. The average molecular weight is 665 g/mol. The van der Waals surface area contributed by atoms with Crippen LogP contribution in [0.1, 0.15) is 30.4 Å². The van der Waals surface area contributed by atoms with Gasteiger partial charge >= 0.3 is 17.9 Å². The summed E-state index contributed by atoms with van der Waals surface area (Å²) in [5.74, 6) is -6.03. The van der Waals surface area contributed by atoms with Crippen LogP contribution in [0.5, 0.6) is 0 Å². The van der Waals surface area contributed by atoms with Crippen LogP contribution < -0.4 is 16.0 Å². The van der Waals surface area contributed by atoms with Crippen LogP contribution in [0.4, 0.5) is 0 Å². The lowest BCUT2D eigenvalue weighted by molar-refractivity contribution is -0.146. The maximum atomic E-state index is 13.7. The number of carbonyl (C=O) groups excluding carboxylic acids is 4. The quantitative estimate of drug-likeness (QED) is 0.103. The number of carboxylic acids is 2. The van der Waals surface area contributed by atoms with Gasteiger partial charge in [-0.1, -0.05) is 54.1 Å². The number of hydrogen-bond donors (Lipinski definition) is 6. The highest BCUT2D eigenvalue weighted by Gasteiger charge is 2.32. The molecule has 4 aromatic rings. The molecule has 0 aliphatic carbocycles. The Kier molecular flexibility index (Phi) is 11.5. The number of methoxy groups -OCH3 is 1. The molecule has 3 aromatic carbocycles. The summed E-state index contributed by atoms with van der Waals surface area (Å²) in [7, 11) is 1.05. The number of H-pyrrole nitrogens is 1. The smallest absolute Gasteiger partial charge is 0.328 e. The summed E-state index contributed by atoms with van der Waals surface area (Å²) in [4.78, 5) is 78.2. The molecule has 3 amide bonds. The van der Waals surface area contributed by atoms with Gasteiger partial charge in [0.25, 0.3) is 0 Å². The lowest BCUT2D eigenvalue weighted by Crippen LogP contribution is -2.57. The fourth-order valence-electron chi connectivity index (χ4n) is 5.11. The number of ether oxygens (including phenoxy) is 1. The van der Waals surface area contributed by atoms with Gasteiger partial charge in [-0.2, -0.15) is 0 Å². The number of rotatable bonds is 15. The zero-order valence-corrected chi connectivity index (χ0v) is 26.0. The Labute approximate surface area is 273 Å². The minimum absolute atomic E-state index is 0.00702. The van der Waals surface area contributed by atoms with Gasteiger partial charge in [-0.3, -0.25) is 24.0 Å². The first-order valence-corrected chi connectivity index (χ1v) is 15.0. The Bertz CT molecular complexity index is 1820. The number of aliphatic carboxylic acids is 2. The first-order valence-electron chi connectivity index (χ1n) is 14.6. The number of benzene rings is 3. The molecule has 1 aromatic heterocycles. The molecule has 14 heteroatoms. The highest BCUT2D eigenvalue weighted by atomic mass is 35.5. The molecule has 47 heavy (non-hydrogen) atoms. The molecule has 0 aliphatic heterocycles. The minimum Gasteiger partial charge on any atom is -0.481 e. The predicted octanol–water partition coefficient (Wildman–Crippen LogP) is 2.73. The van der Waals surface area contributed by atoms with E-state index >= 15 is 0 Å². The van der Waals surface area contributed by atoms with Crippen LogP contribution in [0.2, 0.25) is 5.02 Å². The number of aromatic nitrogens is 1. The SMILES string of the molecule is COC(=O)[C@H](CCC(=O)O)NC(=O)[C@H](CC(=O)O)NC(=O)[C@H](Cc1ccc2ccccc2c1)NC(=O)Cc1c[nH]c2ccc(Cl)cc12. The van der Waals surface area contributed by atoms with Gasteiger partial charge in [-0.15, -0.1) is 0 Å². The van der Waals surface area contributed by atoms with Crippen LogP contribution in [-0.2, 0) is 46.3 Å². The second-order valence-electron chi connectivity index (χ2n) is 10.9. The second-order valence-corrected chi connectivity index (χ2v) is 11.3. The van der Waals surface area contributed by atoms with E-state index in [1.807, 2.05) is 36.4 Å². The number of aromatic amines is 1. The van der Waals surface area contributed by atoms with Crippen LogP contribution in [0.15, 0.2) is 66.9 Å². The average Bonchev–Trinajstić information content (AvgIpc) is 3.42. The maximum Gasteiger partial charge on any atom is 0.328 e. The number of halogens is 1. The van der Waals surface area contributed by atoms with Crippen molar-refractivity contribution in [1.29, 1.82) is 0 Å². The van der Waals surface area contributed by atoms with Crippen molar-refractivity contribution in [3.8, 4) is 0 Å². The summed E-state index contributed by atoms with van der Waals surface area (Å²) in [6.45, 7) is 0. The van der Waals surface area contributed by atoms with Crippen molar-refractivity contribution in [2.75, 3.05) is 7.11 Å². The van der Waals surface area contributed by atoms with Crippen molar-refractivity contribution in [3.05, 3.63) is 83.0 Å². The summed E-state index contributed by atoms with van der Waals surface area (Å²) in [5, 5.41) is 29.0. The second kappa shape index (κ2) is 15.7. The van der Waals surface area contributed by atoms with Crippen LogP contribution in [0.25, 0.3) is 21.7 Å². The van der Waals surface area contributed by atoms with E-state index in [0.29, 0.717) is 16.1 Å². The van der Waals surface area contributed by atoms with E-state index in [-0.39, 0.29) is 19.3 Å². The van der Waals surface area contributed by atoms with Crippen molar-refractivity contribution in [2.45, 2.75) is 50.2 Å². The molecule has 0 aliphatic rings. The number of carbonyl (C=O) groups is 6. The first-order chi connectivity index (χ1) is 22.4. The number of hydrogen-bond acceptors (Lipinski definition) is 7. The molecule has 0 spiro atoms. The fraction of sp³-hybridized carbons (Fsp3) is 0.273. The molecule has 1 heterocycles. The highest BCUT2D eigenvalue weighted by Crippen LogP contribution is 2.23. The Hall–Kier alpha value is -5.43. The first kappa shape index (κ1) is 34.4. The summed E-state index contributed by atoms with van der Waals surface area (Å²) >= 11 is 6.15. The molecule has 0 bridgehead atoms. The van der Waals surface area contributed by atoms with Crippen LogP contribution in [-0.4, -0.2) is 76.1 Å². The zero-order valence-electron chi connectivity index (χ0n) is 25.2. The number of fused-ring (bicyclic) bond motifs is 2. The Balaban J connectivity index is 1.57. The van der Waals surface area contributed by atoms with Gasteiger partial charge < -0.3 is 35.9 Å². The number of carboxylic acid groups (broad SMARTS) is 2. The van der Waals surface area contributed by atoms with Gasteiger partial charge in [0.1, 0.15) is 18.1 Å². The lowest BCUT2D eigenvalue weighted by atomic mass is 10.00. The van der Waals surface area contributed by atoms with Gasteiger partial charge in [0.2, 0.25) is 17.7 Å². The van der Waals surface area contributed by atoms with Gasteiger partial charge in [0, 0.05) is 35.0 Å². The molecule has 13 nitrogen and oxygen atoms in total. The van der Waals surface area contributed by atoms with E-state index in [1.165, 1.54) is 0 Å². The van der Waals surface area contributed by atoms with E-state index in [4.69, 9.17) is 16.7 Å². The predicted molar refractivity (Wildman–Crippen MR) is 172 cm³/mol. The topological polar surface area (TPSA) is 204 Å². The molecule has 0 unspecified atom stereocenters. The van der Waals surface area contributed by atoms with E-state index in [1.54, 1.807) is 30.5 Å². The molecular weight excluding hydrogens is 632 g/mol. The monoisotopic (exact) mass is 664 g/mol. The summed E-state index contributed by atoms with van der Waals surface area (Å²) < 4.78 is 4.64. The lowest BCUT2D eigenvalue weighted by Gasteiger charge is -2.24. The molecule has 246 valence electrons. The molecule has 0 radical (unpaired) electrons. The van der Waals surface area contributed by atoms with Crippen molar-refractivity contribution in [2.24, 2.45) is 0 Å². The van der Waals surface area contributed by atoms with Gasteiger partial charge in [0.05, 0.1) is 20.0 Å². The molecule has 3 atom stereocenters. The Morgan fingerprint density at radius 1 is 0.830 bits per heavy atom. The largest absolute Gasteiger partial charge is 0.481 e. The van der Waals surface area contributed by atoms with Crippen LogP contribution in [0, 0.1) is 0 Å². The highest BCUT2D eigenvalue weighted by molar-refractivity contribution is 6.31. The van der Waals surface area contributed by atoms with Crippen molar-refractivity contribution >= 4 is 68.9 Å². The molecule has 0 saturated carbocycles. The molecular formula is C33H33ClN4O9. The minimum atomic E-state index is -1.68. The molecule has 0 saturated heterocycles. The zero-order chi connectivity index (χ0) is 34.1. The van der Waals surface area contributed by atoms with Gasteiger partial charge in [-0.25, -0.2) is 4.79 Å². The van der Waals surface area contributed by atoms with E-state index < -0.39 is 66.6 Å². The molecule has 4 rings (SSSR count). The van der Waals surface area contributed by atoms with Crippen molar-refractivity contribution < 1.29 is 43.7 Å². The standard InChI is InChI=1S/C33H33ClN4O9/c1-47-33(46)25(10-11-29(40)41)37-32(45)27(16-30(42)43)38-31(44)26(13-18-6-7-19-4-2-3-5-20(19)12-18)36-28(39)14-21-17-35-24-9-8-22(34)15-23(21)24/h2-9,12,15,17,25-27,35H,10-11,13-14,16H2,1H3,(H,36,39)(H,37,45)(H,38,44)(H,40,41)(H,42,43)/t25-,26-,27-/m0/s1. The number of esters is 1. The van der Waals surface area contributed by atoms with Crippen LogP contribution >= 0.6 is 11.6 Å². The van der Waals surface area contributed by atoms with E-state index in [0.717, 1.165) is 28.8 Å². The van der Waals surface area contributed by atoms with E-state index in [9.17, 15) is 33.9 Å². The third-order valence-electron chi connectivity index (χ3n) is 7.45. The number of amides is 3. The third-order valence-corrected chi connectivity index (χ3v) is 7.68. The van der Waals surface area contributed by atoms with Gasteiger partial charge in [0.15, 0.2) is 0 Å².